The number of aromatic nitrogens is 2. The molecule has 0 bridgehead atoms. The number of ether oxygens (including phenoxy) is 1. The van der Waals surface area contributed by atoms with Gasteiger partial charge in [-0.25, -0.2) is 0 Å². The first-order chi connectivity index (χ1) is 10.2. The van der Waals surface area contributed by atoms with Crippen molar-refractivity contribution in [2.24, 2.45) is 0 Å². The number of anilines is 1. The lowest BCUT2D eigenvalue weighted by molar-refractivity contribution is -0.119. The minimum atomic E-state index is -0.182. The van der Waals surface area contributed by atoms with E-state index in [1.165, 1.54) is 50.6 Å². The highest BCUT2D eigenvalue weighted by Gasteiger charge is 2.20. The van der Waals surface area contributed by atoms with Gasteiger partial charge >= 0.3 is 0 Å². The maximum absolute atomic E-state index is 11.3. The van der Waals surface area contributed by atoms with Gasteiger partial charge in [0.25, 0.3) is 5.91 Å². The van der Waals surface area contributed by atoms with Gasteiger partial charge in [-0.2, -0.15) is 0 Å². The summed E-state index contributed by atoms with van der Waals surface area (Å²) in [6.07, 6.45) is 6.26. The molecule has 1 aliphatic carbocycles. The zero-order chi connectivity index (χ0) is 15.5. The normalized spacial score (nSPS) is 14.3. The first-order valence-corrected chi connectivity index (χ1v) is 7.69. The summed E-state index contributed by atoms with van der Waals surface area (Å²) in [5, 5.41) is 12.5. The molecule has 0 aromatic carbocycles. The molecule has 21 heavy (non-hydrogen) atoms. The predicted molar refractivity (Wildman–Crippen MR) is 84.5 cm³/mol. The lowest BCUT2D eigenvalue weighted by Crippen LogP contribution is -2.16. The van der Waals surface area contributed by atoms with Crippen LogP contribution in [-0.2, 0) is 9.53 Å². The van der Waals surface area contributed by atoms with Gasteiger partial charge in [0.1, 0.15) is 11.6 Å². The molecule has 1 amide bonds. The second kappa shape index (κ2) is 10.1. The van der Waals surface area contributed by atoms with E-state index >= 15 is 0 Å². The number of amides is 1. The fourth-order valence-electron chi connectivity index (χ4n) is 2.09. The van der Waals surface area contributed by atoms with E-state index in [-0.39, 0.29) is 12.5 Å². The number of hydrogen-bond donors (Lipinski definition) is 1. The Kier molecular flexibility index (Phi) is 8.32. The monoisotopic (exact) mass is 307 g/mol. The maximum atomic E-state index is 11.3. The van der Waals surface area contributed by atoms with Gasteiger partial charge in [-0.1, -0.05) is 42.1 Å². The molecule has 114 valence electrons. The van der Waals surface area contributed by atoms with Gasteiger partial charge in [0.15, 0.2) is 0 Å². The summed E-state index contributed by atoms with van der Waals surface area (Å²) in [6.45, 7) is 6.42. The van der Waals surface area contributed by atoms with Crippen LogP contribution in [0.15, 0.2) is 24.6 Å². The molecule has 0 aliphatic heterocycles. The van der Waals surface area contributed by atoms with Gasteiger partial charge in [-0.15, -0.1) is 10.2 Å². The van der Waals surface area contributed by atoms with E-state index in [1.54, 1.807) is 0 Å². The van der Waals surface area contributed by atoms with Crippen LogP contribution >= 0.6 is 11.3 Å². The Labute approximate surface area is 129 Å². The average molecular weight is 307 g/mol. The second-order valence-corrected chi connectivity index (χ2v) is 5.62. The molecular formula is C15H21N3O2S. The number of methoxy groups -OCH3 is 1. The molecule has 6 heteroatoms. The summed E-state index contributed by atoms with van der Waals surface area (Å²) in [5.41, 5.74) is 4.64. The molecule has 5 nitrogen and oxygen atoms in total. The van der Waals surface area contributed by atoms with Crippen molar-refractivity contribution in [3.8, 4) is 0 Å². The smallest absolute Gasteiger partial charge is 0.252 e. The molecule has 0 radical (unpaired) electrons. The minimum absolute atomic E-state index is 0.0539. The molecule has 1 N–H and O–H groups in total. The summed E-state index contributed by atoms with van der Waals surface area (Å²) < 4.78 is 4.74. The Morgan fingerprint density at radius 2 is 2.00 bits per heavy atom. The van der Waals surface area contributed by atoms with Crippen LogP contribution in [-0.4, -0.2) is 29.8 Å². The zero-order valence-corrected chi connectivity index (χ0v) is 13.2. The first-order valence-electron chi connectivity index (χ1n) is 6.87. The van der Waals surface area contributed by atoms with Crippen molar-refractivity contribution in [2.45, 2.75) is 38.0 Å². The van der Waals surface area contributed by atoms with Crippen LogP contribution in [0.3, 0.4) is 0 Å². The highest BCUT2D eigenvalue weighted by molar-refractivity contribution is 7.15. The number of rotatable bonds is 4. The SMILES string of the molecule is C=C=C=C.COCC(=O)Nc1nnc(C2CCCCC2)s1. The fraction of sp³-hybridized carbons (Fsp3) is 0.533. The van der Waals surface area contributed by atoms with Crippen LogP contribution in [0, 0.1) is 0 Å². The van der Waals surface area contributed by atoms with Crippen LogP contribution < -0.4 is 5.32 Å². The Morgan fingerprint density at radius 3 is 2.57 bits per heavy atom. The Hall–Kier alpha value is -1.71. The molecule has 0 spiro atoms. The molecule has 0 saturated heterocycles. The third-order valence-corrected chi connectivity index (χ3v) is 4.04. The van der Waals surface area contributed by atoms with Crippen molar-refractivity contribution >= 4 is 22.4 Å². The van der Waals surface area contributed by atoms with Crippen LogP contribution in [0.4, 0.5) is 5.13 Å². The number of nitrogens with one attached hydrogen (secondary N) is 1. The number of carbonyl (C=O) groups is 1. The fourth-order valence-corrected chi connectivity index (χ4v) is 3.01. The van der Waals surface area contributed by atoms with Crippen molar-refractivity contribution in [2.75, 3.05) is 19.0 Å². The van der Waals surface area contributed by atoms with E-state index in [2.05, 4.69) is 40.1 Å². The molecule has 1 aromatic rings. The third-order valence-electron chi connectivity index (χ3n) is 3.04. The van der Waals surface area contributed by atoms with Gasteiger partial charge in [-0.05, 0) is 26.0 Å². The van der Waals surface area contributed by atoms with Crippen molar-refractivity contribution in [1.29, 1.82) is 0 Å². The van der Waals surface area contributed by atoms with Gasteiger partial charge in [0.2, 0.25) is 5.13 Å². The molecule has 1 heterocycles. The topological polar surface area (TPSA) is 64.1 Å². The molecule has 0 atom stereocenters. The summed E-state index contributed by atoms with van der Waals surface area (Å²) in [5.74, 6) is 0.355. The average Bonchev–Trinajstić information content (AvgIpc) is 2.97. The number of nitrogens with zero attached hydrogens (tertiary/aromatic N) is 2. The molecular weight excluding hydrogens is 286 g/mol. The van der Waals surface area contributed by atoms with E-state index in [4.69, 9.17) is 4.74 Å². The quantitative estimate of drug-likeness (QED) is 0.867. The summed E-state index contributed by atoms with van der Waals surface area (Å²) in [6, 6.07) is 0. The molecule has 2 rings (SSSR count). The van der Waals surface area contributed by atoms with E-state index in [9.17, 15) is 4.79 Å². The molecule has 1 fully saturated rings. The van der Waals surface area contributed by atoms with E-state index in [0.717, 1.165) is 5.01 Å². The van der Waals surface area contributed by atoms with Crippen molar-refractivity contribution < 1.29 is 9.53 Å². The Bertz CT molecular complexity index is 501. The largest absolute Gasteiger partial charge is 0.375 e. The highest BCUT2D eigenvalue weighted by Crippen LogP contribution is 2.34. The lowest BCUT2D eigenvalue weighted by atomic mass is 9.90. The van der Waals surface area contributed by atoms with Gasteiger partial charge in [0.05, 0.1) is 0 Å². The summed E-state index contributed by atoms with van der Waals surface area (Å²) >= 11 is 1.48. The van der Waals surface area contributed by atoms with Crippen molar-refractivity contribution in [3.63, 3.8) is 0 Å². The standard InChI is InChI=1S/C11H17N3O2S.C4H4/c1-16-7-9(15)12-11-14-13-10(17-11)8-5-3-2-4-6-8;1-3-4-2/h8H,2-7H2,1H3,(H,12,14,15);1-2H2. The Morgan fingerprint density at radius 1 is 1.33 bits per heavy atom. The number of hydrogen-bond acceptors (Lipinski definition) is 5. The zero-order valence-electron chi connectivity index (χ0n) is 12.4. The summed E-state index contributed by atoms with van der Waals surface area (Å²) in [7, 11) is 1.49. The summed E-state index contributed by atoms with van der Waals surface area (Å²) in [4.78, 5) is 11.3. The highest BCUT2D eigenvalue weighted by atomic mass is 32.1. The van der Waals surface area contributed by atoms with Crippen LogP contribution in [0.1, 0.15) is 43.0 Å². The third kappa shape index (κ3) is 6.52. The van der Waals surface area contributed by atoms with E-state index < -0.39 is 0 Å². The van der Waals surface area contributed by atoms with Crippen LogP contribution in [0.2, 0.25) is 0 Å². The molecule has 1 aromatic heterocycles. The van der Waals surface area contributed by atoms with Crippen LogP contribution in [0.5, 0.6) is 0 Å². The Balaban J connectivity index is 0.000000491. The van der Waals surface area contributed by atoms with Crippen molar-refractivity contribution in [3.05, 3.63) is 29.6 Å². The first kappa shape index (κ1) is 17.3. The van der Waals surface area contributed by atoms with Gasteiger partial charge in [0, 0.05) is 13.0 Å². The van der Waals surface area contributed by atoms with E-state index in [1.807, 2.05) is 0 Å². The second-order valence-electron chi connectivity index (χ2n) is 4.62. The maximum Gasteiger partial charge on any atom is 0.252 e. The van der Waals surface area contributed by atoms with Gasteiger partial charge < -0.3 is 4.74 Å². The van der Waals surface area contributed by atoms with E-state index in [0.29, 0.717) is 11.0 Å². The predicted octanol–water partition coefficient (Wildman–Crippen LogP) is 3.28. The minimum Gasteiger partial charge on any atom is -0.375 e. The molecule has 1 saturated carbocycles. The van der Waals surface area contributed by atoms with Crippen LogP contribution in [0.25, 0.3) is 0 Å². The van der Waals surface area contributed by atoms with Gasteiger partial charge in [-0.3, -0.25) is 10.1 Å². The number of carbonyl (C=O) groups excluding carboxylic acids is 1. The lowest BCUT2D eigenvalue weighted by Gasteiger charge is -2.18. The molecule has 0 unspecified atom stereocenters. The van der Waals surface area contributed by atoms with Crippen molar-refractivity contribution in [1.82, 2.24) is 10.2 Å². The molecule has 1 aliphatic rings.